The second-order valence-electron chi connectivity index (χ2n) is 6.96. The minimum Gasteiger partial charge on any atom is -0.368 e. The van der Waals surface area contributed by atoms with Gasteiger partial charge < -0.3 is 16.0 Å². The van der Waals surface area contributed by atoms with Crippen LogP contribution in [0.2, 0.25) is 0 Å². The van der Waals surface area contributed by atoms with Crippen LogP contribution in [0.3, 0.4) is 0 Å². The zero-order chi connectivity index (χ0) is 14.4. The molecule has 1 aromatic heterocycles. The Bertz CT molecular complexity index is 544. The fourth-order valence-electron chi connectivity index (χ4n) is 4.51. The third-order valence-electron chi connectivity index (χ3n) is 5.74. The molecule has 0 unspecified atom stereocenters. The summed E-state index contributed by atoms with van der Waals surface area (Å²) in [5.41, 5.74) is 9.05. The molecule has 0 atom stereocenters. The van der Waals surface area contributed by atoms with Crippen molar-refractivity contribution >= 4 is 11.8 Å². The van der Waals surface area contributed by atoms with E-state index in [-0.39, 0.29) is 0 Å². The number of hydrogen-bond acceptors (Lipinski definition) is 5. The highest BCUT2D eigenvalue weighted by Gasteiger charge is 2.42. The van der Waals surface area contributed by atoms with Crippen LogP contribution in [0.5, 0.6) is 0 Å². The van der Waals surface area contributed by atoms with Gasteiger partial charge >= 0.3 is 0 Å². The molecule has 1 spiro atoms. The minimum absolute atomic E-state index is 0.312. The van der Waals surface area contributed by atoms with Crippen molar-refractivity contribution in [3.63, 3.8) is 0 Å². The number of fused-ring (bicyclic) bond motifs is 2. The van der Waals surface area contributed by atoms with Crippen molar-refractivity contribution in [2.24, 2.45) is 0 Å². The third-order valence-corrected chi connectivity index (χ3v) is 5.74. The van der Waals surface area contributed by atoms with Crippen LogP contribution in [0.25, 0.3) is 0 Å². The van der Waals surface area contributed by atoms with E-state index < -0.39 is 0 Å². The van der Waals surface area contributed by atoms with Gasteiger partial charge in [0.1, 0.15) is 5.82 Å². The molecule has 0 radical (unpaired) electrons. The first-order valence-electron chi connectivity index (χ1n) is 8.31. The molecule has 0 bridgehead atoms. The van der Waals surface area contributed by atoms with Crippen LogP contribution in [0.15, 0.2) is 0 Å². The van der Waals surface area contributed by atoms with Crippen molar-refractivity contribution in [2.75, 3.05) is 30.8 Å². The monoisotopic (exact) mass is 287 g/mol. The van der Waals surface area contributed by atoms with Crippen LogP contribution >= 0.6 is 0 Å². The Morgan fingerprint density at radius 1 is 1.14 bits per heavy atom. The standard InChI is InChI=1S/C16H25N5/c1-18-11-9-21(10-11)14-12-5-4-8-16(6-2-3-7-16)13(12)19-15(17)20-14/h11,18H,2-10H2,1H3,(H2,17,19,20). The highest BCUT2D eigenvalue weighted by molar-refractivity contribution is 5.57. The van der Waals surface area contributed by atoms with E-state index in [1.807, 2.05) is 7.05 Å². The average molecular weight is 287 g/mol. The van der Waals surface area contributed by atoms with Gasteiger partial charge in [0.05, 0.1) is 5.69 Å². The van der Waals surface area contributed by atoms with Crippen LogP contribution < -0.4 is 16.0 Å². The van der Waals surface area contributed by atoms with Crippen LogP contribution in [0.1, 0.15) is 49.8 Å². The molecule has 1 aromatic rings. The van der Waals surface area contributed by atoms with Crippen molar-refractivity contribution in [2.45, 2.75) is 56.4 Å². The number of likely N-dealkylation sites (N-methyl/N-ethyl adjacent to an activating group) is 1. The molecule has 1 saturated carbocycles. The number of nitrogen functional groups attached to an aromatic ring is 1. The van der Waals surface area contributed by atoms with E-state index in [0.29, 0.717) is 17.4 Å². The number of rotatable bonds is 2. The van der Waals surface area contributed by atoms with E-state index in [9.17, 15) is 0 Å². The maximum Gasteiger partial charge on any atom is 0.222 e. The molecule has 5 nitrogen and oxygen atoms in total. The maximum atomic E-state index is 6.05. The van der Waals surface area contributed by atoms with E-state index in [4.69, 9.17) is 10.7 Å². The number of nitrogens with zero attached hydrogens (tertiary/aromatic N) is 3. The summed E-state index contributed by atoms with van der Waals surface area (Å²) in [7, 11) is 2.03. The predicted molar refractivity (Wildman–Crippen MR) is 84.6 cm³/mol. The van der Waals surface area contributed by atoms with Crippen molar-refractivity contribution in [3.8, 4) is 0 Å². The lowest BCUT2D eigenvalue weighted by Crippen LogP contribution is -2.57. The smallest absolute Gasteiger partial charge is 0.222 e. The summed E-state index contributed by atoms with van der Waals surface area (Å²) in [6, 6.07) is 0.584. The minimum atomic E-state index is 0.312. The fourth-order valence-corrected chi connectivity index (χ4v) is 4.51. The van der Waals surface area contributed by atoms with Crippen LogP contribution in [0.4, 0.5) is 11.8 Å². The second kappa shape index (κ2) is 4.83. The highest BCUT2D eigenvalue weighted by Crippen LogP contribution is 2.49. The summed E-state index contributed by atoms with van der Waals surface area (Å²) < 4.78 is 0. The number of hydrogen-bond donors (Lipinski definition) is 2. The molecule has 21 heavy (non-hydrogen) atoms. The predicted octanol–water partition coefficient (Wildman–Crippen LogP) is 1.61. The summed E-state index contributed by atoms with van der Waals surface area (Å²) in [4.78, 5) is 11.7. The summed E-state index contributed by atoms with van der Waals surface area (Å²) in [6.07, 6.45) is 8.93. The lowest BCUT2D eigenvalue weighted by atomic mass is 9.71. The lowest BCUT2D eigenvalue weighted by molar-refractivity contribution is 0.355. The molecule has 2 heterocycles. The van der Waals surface area contributed by atoms with E-state index in [0.717, 1.165) is 25.3 Å². The first-order chi connectivity index (χ1) is 10.2. The van der Waals surface area contributed by atoms with Crippen molar-refractivity contribution in [1.29, 1.82) is 0 Å². The highest BCUT2D eigenvalue weighted by atomic mass is 15.3. The molecule has 2 fully saturated rings. The fraction of sp³-hybridized carbons (Fsp3) is 0.750. The molecule has 114 valence electrons. The van der Waals surface area contributed by atoms with Gasteiger partial charge in [0, 0.05) is 30.1 Å². The summed E-state index contributed by atoms with van der Waals surface area (Å²) in [5.74, 6) is 1.58. The Hall–Kier alpha value is -1.36. The van der Waals surface area contributed by atoms with E-state index >= 15 is 0 Å². The zero-order valence-electron chi connectivity index (χ0n) is 12.9. The molecular weight excluding hydrogens is 262 g/mol. The SMILES string of the molecule is CNC1CN(c2nc(N)nc3c2CCCC32CCCC2)C1. The Kier molecular flexibility index (Phi) is 3.06. The van der Waals surface area contributed by atoms with Gasteiger partial charge in [-0.3, -0.25) is 0 Å². The largest absolute Gasteiger partial charge is 0.368 e. The molecule has 0 amide bonds. The van der Waals surface area contributed by atoms with Gasteiger partial charge in [0.2, 0.25) is 5.95 Å². The number of nitrogens with two attached hydrogens (primary N) is 1. The van der Waals surface area contributed by atoms with Crippen LogP contribution in [-0.2, 0) is 11.8 Å². The average Bonchev–Trinajstić information content (AvgIpc) is 2.88. The molecule has 3 aliphatic rings. The Morgan fingerprint density at radius 2 is 1.86 bits per heavy atom. The topological polar surface area (TPSA) is 67.1 Å². The van der Waals surface area contributed by atoms with Gasteiger partial charge in [-0.15, -0.1) is 0 Å². The van der Waals surface area contributed by atoms with Gasteiger partial charge in [-0.25, -0.2) is 4.98 Å². The van der Waals surface area contributed by atoms with Crippen molar-refractivity contribution in [1.82, 2.24) is 15.3 Å². The Labute approximate surface area is 126 Å². The van der Waals surface area contributed by atoms with Gasteiger partial charge in [-0.2, -0.15) is 4.98 Å². The molecular formula is C16H25N5. The van der Waals surface area contributed by atoms with E-state index in [2.05, 4.69) is 15.2 Å². The second-order valence-corrected chi connectivity index (χ2v) is 6.96. The quantitative estimate of drug-likeness (QED) is 0.865. The van der Waals surface area contributed by atoms with Gasteiger partial charge in [-0.05, 0) is 39.2 Å². The Morgan fingerprint density at radius 3 is 2.57 bits per heavy atom. The molecule has 3 N–H and O–H groups in total. The summed E-state index contributed by atoms with van der Waals surface area (Å²) in [5, 5.41) is 3.33. The molecule has 1 aliphatic heterocycles. The van der Waals surface area contributed by atoms with Gasteiger partial charge in [-0.1, -0.05) is 12.8 Å². The first kappa shape index (κ1) is 13.3. The maximum absolute atomic E-state index is 6.05. The molecule has 4 rings (SSSR count). The van der Waals surface area contributed by atoms with Gasteiger partial charge in [0.25, 0.3) is 0 Å². The molecule has 1 saturated heterocycles. The molecule has 5 heteroatoms. The Balaban J connectivity index is 1.74. The summed E-state index contributed by atoms with van der Waals surface area (Å²) >= 11 is 0. The van der Waals surface area contributed by atoms with Crippen molar-refractivity contribution < 1.29 is 0 Å². The summed E-state index contributed by atoms with van der Waals surface area (Å²) in [6.45, 7) is 2.07. The molecule has 2 aliphatic carbocycles. The number of anilines is 2. The van der Waals surface area contributed by atoms with Crippen molar-refractivity contribution in [3.05, 3.63) is 11.3 Å². The van der Waals surface area contributed by atoms with E-state index in [1.165, 1.54) is 49.8 Å². The third kappa shape index (κ3) is 2.01. The number of nitrogens with one attached hydrogen (secondary N) is 1. The van der Waals surface area contributed by atoms with Crippen LogP contribution in [-0.4, -0.2) is 36.1 Å². The number of aromatic nitrogens is 2. The van der Waals surface area contributed by atoms with Crippen LogP contribution in [0, 0.1) is 0 Å². The van der Waals surface area contributed by atoms with Gasteiger partial charge in [0.15, 0.2) is 0 Å². The first-order valence-corrected chi connectivity index (χ1v) is 8.31. The van der Waals surface area contributed by atoms with E-state index in [1.54, 1.807) is 0 Å². The normalized spacial score (nSPS) is 24.1. The molecule has 0 aromatic carbocycles. The lowest BCUT2D eigenvalue weighted by Gasteiger charge is -2.43. The zero-order valence-corrected chi connectivity index (χ0v) is 12.9.